The molecule has 3 rings (SSSR count). The van der Waals surface area contributed by atoms with Crippen molar-refractivity contribution in [2.24, 2.45) is 5.92 Å². The van der Waals surface area contributed by atoms with Crippen LogP contribution in [0.1, 0.15) is 38.7 Å². The van der Waals surface area contributed by atoms with E-state index in [1.807, 2.05) is 12.1 Å². The molecule has 26 heavy (non-hydrogen) atoms. The van der Waals surface area contributed by atoms with E-state index in [4.69, 9.17) is 0 Å². The van der Waals surface area contributed by atoms with E-state index in [9.17, 15) is 12.8 Å². The smallest absolute Gasteiger partial charge is 0.282 e. The predicted molar refractivity (Wildman–Crippen MR) is 101 cm³/mol. The molecule has 0 spiro atoms. The normalized spacial score (nSPS) is 24.2. The highest BCUT2D eigenvalue weighted by atomic mass is 32.2. The summed E-state index contributed by atoms with van der Waals surface area (Å²) >= 11 is 0. The average Bonchev–Trinajstić information content (AvgIpc) is 3.06. The summed E-state index contributed by atoms with van der Waals surface area (Å²) in [5, 5.41) is 0. The molecule has 0 unspecified atom stereocenters. The van der Waals surface area contributed by atoms with Crippen molar-refractivity contribution < 1.29 is 12.8 Å². The third-order valence-corrected chi connectivity index (χ3v) is 7.50. The van der Waals surface area contributed by atoms with Crippen LogP contribution in [0.2, 0.25) is 0 Å². The second kappa shape index (κ2) is 8.33. The molecule has 1 aromatic carbocycles. The third kappa shape index (κ3) is 4.44. The molecular formula is C19H30FN3O2S. The van der Waals surface area contributed by atoms with Gasteiger partial charge in [-0.2, -0.15) is 17.0 Å². The molecule has 0 aromatic heterocycles. The molecular weight excluding hydrogens is 353 g/mol. The second-order valence-electron chi connectivity index (χ2n) is 7.73. The first-order valence-electron chi connectivity index (χ1n) is 9.61. The van der Waals surface area contributed by atoms with Gasteiger partial charge in [0.1, 0.15) is 5.82 Å². The van der Waals surface area contributed by atoms with E-state index in [0.29, 0.717) is 32.1 Å². The van der Waals surface area contributed by atoms with Gasteiger partial charge in [-0.25, -0.2) is 4.39 Å². The van der Waals surface area contributed by atoms with Crippen LogP contribution >= 0.6 is 0 Å². The SMILES string of the molecule is CC(C)[C@@H]1CN(S(=O)(=O)N2CCCC2)CCCN1Cc1ccc(F)cc1. The van der Waals surface area contributed by atoms with E-state index >= 15 is 0 Å². The number of rotatable bonds is 5. The maximum atomic E-state index is 13.2. The van der Waals surface area contributed by atoms with Crippen molar-refractivity contribution in [3.63, 3.8) is 0 Å². The zero-order valence-corrected chi connectivity index (χ0v) is 16.6. The van der Waals surface area contributed by atoms with Crippen LogP contribution < -0.4 is 0 Å². The van der Waals surface area contributed by atoms with Crippen LogP contribution in [0.5, 0.6) is 0 Å². The fourth-order valence-corrected chi connectivity index (χ4v) is 5.72. The quantitative estimate of drug-likeness (QED) is 0.785. The minimum Gasteiger partial charge on any atom is -0.295 e. The summed E-state index contributed by atoms with van der Waals surface area (Å²) in [6, 6.07) is 6.76. The Morgan fingerprint density at radius 3 is 2.23 bits per heavy atom. The molecule has 0 saturated carbocycles. The van der Waals surface area contributed by atoms with E-state index in [1.54, 1.807) is 8.61 Å². The minimum absolute atomic E-state index is 0.153. The lowest BCUT2D eigenvalue weighted by Gasteiger charge is -2.35. The summed E-state index contributed by atoms with van der Waals surface area (Å²) in [4.78, 5) is 2.36. The first-order valence-corrected chi connectivity index (χ1v) is 11.0. The van der Waals surface area contributed by atoms with Crippen LogP contribution in [0.3, 0.4) is 0 Å². The Morgan fingerprint density at radius 1 is 1.00 bits per heavy atom. The number of benzene rings is 1. The Labute approximate surface area is 157 Å². The highest BCUT2D eigenvalue weighted by Gasteiger charge is 2.36. The summed E-state index contributed by atoms with van der Waals surface area (Å²) in [7, 11) is -3.36. The fourth-order valence-electron chi connectivity index (χ4n) is 3.98. The van der Waals surface area contributed by atoms with Gasteiger partial charge in [0.15, 0.2) is 0 Å². The van der Waals surface area contributed by atoms with Gasteiger partial charge in [0.2, 0.25) is 0 Å². The molecule has 0 N–H and O–H groups in total. The zero-order valence-electron chi connectivity index (χ0n) is 15.8. The number of hydrogen-bond donors (Lipinski definition) is 0. The van der Waals surface area contributed by atoms with Crippen molar-refractivity contribution in [1.82, 2.24) is 13.5 Å². The average molecular weight is 384 g/mol. The molecule has 0 radical (unpaired) electrons. The Hall–Kier alpha value is -1.02. The monoisotopic (exact) mass is 383 g/mol. The first kappa shape index (κ1) is 19.7. The Balaban J connectivity index is 1.76. The molecule has 2 saturated heterocycles. The molecule has 1 aromatic rings. The highest BCUT2D eigenvalue weighted by molar-refractivity contribution is 7.86. The molecule has 146 valence electrons. The van der Waals surface area contributed by atoms with E-state index in [2.05, 4.69) is 18.7 Å². The maximum absolute atomic E-state index is 13.2. The van der Waals surface area contributed by atoms with Crippen molar-refractivity contribution in [2.45, 2.75) is 45.7 Å². The topological polar surface area (TPSA) is 43.9 Å². The highest BCUT2D eigenvalue weighted by Crippen LogP contribution is 2.24. The van der Waals surface area contributed by atoms with E-state index < -0.39 is 10.2 Å². The lowest BCUT2D eigenvalue weighted by Crippen LogP contribution is -2.49. The molecule has 5 nitrogen and oxygen atoms in total. The van der Waals surface area contributed by atoms with Crippen LogP contribution in [0.15, 0.2) is 24.3 Å². The second-order valence-corrected chi connectivity index (χ2v) is 9.66. The van der Waals surface area contributed by atoms with Crippen LogP contribution in [0.25, 0.3) is 0 Å². The molecule has 0 bridgehead atoms. The van der Waals surface area contributed by atoms with Gasteiger partial charge in [0, 0.05) is 45.3 Å². The van der Waals surface area contributed by atoms with Crippen LogP contribution in [0, 0.1) is 11.7 Å². The summed E-state index contributed by atoms with van der Waals surface area (Å²) in [6.45, 7) is 8.25. The Morgan fingerprint density at radius 2 is 1.62 bits per heavy atom. The summed E-state index contributed by atoms with van der Waals surface area (Å²) in [5.74, 6) is 0.109. The van der Waals surface area contributed by atoms with Crippen molar-refractivity contribution >= 4 is 10.2 Å². The van der Waals surface area contributed by atoms with Gasteiger partial charge >= 0.3 is 0 Å². The van der Waals surface area contributed by atoms with Crippen molar-refractivity contribution in [3.8, 4) is 0 Å². The first-order chi connectivity index (χ1) is 12.4. The van der Waals surface area contributed by atoms with Crippen LogP contribution in [-0.4, -0.2) is 60.7 Å². The lowest BCUT2D eigenvalue weighted by molar-refractivity contribution is 0.148. The molecule has 7 heteroatoms. The molecule has 2 heterocycles. The Kier molecular flexibility index (Phi) is 6.33. The van der Waals surface area contributed by atoms with Gasteiger partial charge in [0.05, 0.1) is 0 Å². The molecule has 2 fully saturated rings. The molecule has 2 aliphatic heterocycles. The van der Waals surface area contributed by atoms with Gasteiger partial charge in [0.25, 0.3) is 10.2 Å². The summed E-state index contributed by atoms with van der Waals surface area (Å²) < 4.78 is 42.5. The number of halogens is 1. The van der Waals surface area contributed by atoms with Crippen LogP contribution in [-0.2, 0) is 16.8 Å². The molecule has 2 aliphatic rings. The standard InChI is InChI=1S/C19H30FN3O2S/c1-16(2)19-15-23(26(24,25)22-11-3-4-12-22)13-5-10-21(19)14-17-6-8-18(20)9-7-17/h6-9,16,19H,3-5,10-15H2,1-2H3/t19-/m0/s1. The van der Waals surface area contributed by atoms with Gasteiger partial charge in [-0.3, -0.25) is 4.90 Å². The van der Waals surface area contributed by atoms with Crippen molar-refractivity contribution in [3.05, 3.63) is 35.6 Å². The maximum Gasteiger partial charge on any atom is 0.282 e. The summed E-state index contributed by atoms with van der Waals surface area (Å²) in [5.41, 5.74) is 1.06. The van der Waals surface area contributed by atoms with E-state index in [0.717, 1.165) is 37.9 Å². The predicted octanol–water partition coefficient (Wildman–Crippen LogP) is 2.70. The minimum atomic E-state index is -3.36. The van der Waals surface area contributed by atoms with Crippen LogP contribution in [0.4, 0.5) is 4.39 Å². The van der Waals surface area contributed by atoms with E-state index in [1.165, 1.54) is 12.1 Å². The largest absolute Gasteiger partial charge is 0.295 e. The number of nitrogens with zero attached hydrogens (tertiary/aromatic N) is 3. The van der Waals surface area contributed by atoms with E-state index in [-0.39, 0.29) is 11.9 Å². The van der Waals surface area contributed by atoms with Gasteiger partial charge in [-0.05, 0) is 42.9 Å². The van der Waals surface area contributed by atoms with Crippen molar-refractivity contribution in [1.29, 1.82) is 0 Å². The lowest BCUT2D eigenvalue weighted by atomic mass is 10.0. The molecule has 0 aliphatic carbocycles. The van der Waals surface area contributed by atoms with Gasteiger partial charge < -0.3 is 0 Å². The van der Waals surface area contributed by atoms with Crippen molar-refractivity contribution in [2.75, 3.05) is 32.7 Å². The number of hydrogen-bond acceptors (Lipinski definition) is 3. The fraction of sp³-hybridized carbons (Fsp3) is 0.684. The zero-order chi connectivity index (χ0) is 18.7. The van der Waals surface area contributed by atoms with Gasteiger partial charge in [-0.1, -0.05) is 26.0 Å². The third-order valence-electron chi connectivity index (χ3n) is 5.50. The molecule has 1 atom stereocenters. The summed E-state index contributed by atoms with van der Waals surface area (Å²) in [6.07, 6.45) is 2.73. The van der Waals surface area contributed by atoms with Gasteiger partial charge in [-0.15, -0.1) is 0 Å². The Bertz CT molecular complexity index is 687. The molecule has 0 amide bonds.